The van der Waals surface area contributed by atoms with Crippen molar-refractivity contribution >= 4 is 33.9 Å². The van der Waals surface area contributed by atoms with Gasteiger partial charge in [0.15, 0.2) is 0 Å². The van der Waals surface area contributed by atoms with Gasteiger partial charge in [0.2, 0.25) is 0 Å². The molecule has 0 unspecified atom stereocenters. The number of carbonyl (C=O) groups is 2. The molecule has 0 heterocycles. The summed E-state index contributed by atoms with van der Waals surface area (Å²) in [6.07, 6.45) is 0. The van der Waals surface area contributed by atoms with Crippen molar-refractivity contribution in [3.63, 3.8) is 0 Å². The fourth-order valence-corrected chi connectivity index (χ4v) is 0.937. The summed E-state index contributed by atoms with van der Waals surface area (Å²) in [6.45, 7) is 10.1. The lowest BCUT2D eigenvalue weighted by atomic mass is 10.5. The average molecular weight is 257 g/mol. The molecule has 0 spiro atoms. The number of hydrogen-bond donors (Lipinski definition) is 0. The highest BCUT2D eigenvalue weighted by molar-refractivity contribution is 6.70. The third-order valence-electron chi connectivity index (χ3n) is 1.87. The Balaban J connectivity index is 0. The monoisotopic (exact) mass is 256 g/mol. The van der Waals surface area contributed by atoms with Crippen LogP contribution >= 0.6 is 23.2 Å². The van der Waals surface area contributed by atoms with Gasteiger partial charge in [0.05, 0.1) is 0 Å². The van der Waals surface area contributed by atoms with Gasteiger partial charge < -0.3 is 4.90 Å². The molecule has 0 N–H and O–H groups in total. The van der Waals surface area contributed by atoms with Crippen LogP contribution < -0.4 is 0 Å². The van der Waals surface area contributed by atoms with E-state index >= 15 is 0 Å². The van der Waals surface area contributed by atoms with Gasteiger partial charge in [0, 0.05) is 7.05 Å². The van der Waals surface area contributed by atoms with Crippen molar-refractivity contribution in [3.8, 4) is 0 Å². The van der Waals surface area contributed by atoms with Crippen molar-refractivity contribution < 1.29 is 9.59 Å². The fraction of sp³-hybridized carbons (Fsp3) is 0.778. The van der Waals surface area contributed by atoms with Crippen molar-refractivity contribution in [1.82, 2.24) is 9.80 Å². The van der Waals surface area contributed by atoms with Crippen LogP contribution in [0.1, 0.15) is 20.8 Å². The van der Waals surface area contributed by atoms with Crippen molar-refractivity contribution in [2.45, 2.75) is 20.8 Å². The molecule has 0 atom stereocenters. The van der Waals surface area contributed by atoms with Gasteiger partial charge in [-0.3, -0.25) is 14.5 Å². The third kappa shape index (κ3) is 9.97. The Morgan fingerprint density at radius 1 is 0.933 bits per heavy atom. The highest BCUT2D eigenvalue weighted by Crippen LogP contribution is 1.96. The normalized spacial score (nSPS) is 9.27. The summed E-state index contributed by atoms with van der Waals surface area (Å²) in [5.74, 6) is 0. The zero-order chi connectivity index (χ0) is 12.4. The molecule has 0 bridgehead atoms. The maximum absolute atomic E-state index is 9.97. The first-order valence-corrected chi connectivity index (χ1v) is 5.51. The van der Waals surface area contributed by atoms with Gasteiger partial charge in [0.25, 0.3) is 0 Å². The lowest BCUT2D eigenvalue weighted by Gasteiger charge is -2.13. The van der Waals surface area contributed by atoms with Gasteiger partial charge in [-0.2, -0.15) is 0 Å². The highest BCUT2D eigenvalue weighted by atomic mass is 35.5. The van der Waals surface area contributed by atoms with Crippen LogP contribution in [0.2, 0.25) is 0 Å². The van der Waals surface area contributed by atoms with Crippen LogP contribution in [0.3, 0.4) is 0 Å². The summed E-state index contributed by atoms with van der Waals surface area (Å²) in [7, 11) is 1.19. The number of rotatable bonds is 3. The SMILES string of the molecule is CCN(CC)CC.CN(C(=O)Cl)C(=O)Cl. The van der Waals surface area contributed by atoms with E-state index in [-0.39, 0.29) is 0 Å². The second-order valence-electron chi connectivity index (χ2n) is 2.68. The Hall–Kier alpha value is -0.320. The molecular formula is C9H18Cl2N2O2. The van der Waals surface area contributed by atoms with Crippen molar-refractivity contribution in [3.05, 3.63) is 0 Å². The first-order valence-electron chi connectivity index (χ1n) is 4.75. The quantitative estimate of drug-likeness (QED) is 0.576. The third-order valence-corrected chi connectivity index (χ3v) is 2.38. The van der Waals surface area contributed by atoms with Crippen LogP contribution in [0.5, 0.6) is 0 Å². The molecule has 0 aromatic rings. The van der Waals surface area contributed by atoms with E-state index in [1.807, 2.05) is 0 Å². The molecule has 2 amide bonds. The minimum atomic E-state index is -0.884. The molecule has 0 fully saturated rings. The first-order chi connectivity index (χ1) is 6.90. The summed E-state index contributed by atoms with van der Waals surface area (Å²) in [5.41, 5.74) is 0. The molecule has 0 aromatic heterocycles. The minimum Gasteiger partial charge on any atom is -0.304 e. The molecule has 4 nitrogen and oxygen atoms in total. The minimum absolute atomic E-state index is 0.586. The molecule has 0 rings (SSSR count). The molecule has 90 valence electrons. The van der Waals surface area contributed by atoms with Crippen molar-refractivity contribution in [2.24, 2.45) is 0 Å². The standard InChI is InChI=1S/C6H15N.C3H3Cl2NO2/c1-4-7(5-2)6-3;1-6(2(4)7)3(5)8/h4-6H2,1-3H3;1H3. The lowest BCUT2D eigenvalue weighted by Crippen LogP contribution is -2.22. The van der Waals surface area contributed by atoms with Gasteiger partial charge in [-0.25, -0.2) is 0 Å². The Kier molecular flexibility index (Phi) is 11.6. The van der Waals surface area contributed by atoms with E-state index in [0.717, 1.165) is 0 Å². The molecular weight excluding hydrogens is 239 g/mol. The lowest BCUT2D eigenvalue weighted by molar-refractivity contribution is 0.222. The molecule has 0 aliphatic carbocycles. The zero-order valence-electron chi connectivity index (χ0n) is 9.59. The maximum atomic E-state index is 9.97. The first kappa shape index (κ1) is 17.1. The molecule has 0 aromatic carbocycles. The number of halogens is 2. The van der Waals surface area contributed by atoms with Crippen LogP contribution in [0.4, 0.5) is 9.59 Å². The van der Waals surface area contributed by atoms with Gasteiger partial charge >= 0.3 is 10.7 Å². The predicted molar refractivity (Wildman–Crippen MR) is 63.7 cm³/mol. The van der Waals surface area contributed by atoms with Crippen LogP contribution in [-0.4, -0.2) is 47.2 Å². The van der Waals surface area contributed by atoms with Crippen molar-refractivity contribution in [1.29, 1.82) is 0 Å². The summed E-state index contributed by atoms with van der Waals surface area (Å²) < 4.78 is 0. The topological polar surface area (TPSA) is 40.6 Å². The summed E-state index contributed by atoms with van der Waals surface area (Å²) in [6, 6.07) is 0. The molecule has 6 heteroatoms. The van der Waals surface area contributed by atoms with Gasteiger partial charge in [-0.05, 0) is 42.8 Å². The fourth-order valence-electron chi connectivity index (χ4n) is 0.740. The summed E-state index contributed by atoms with van der Waals surface area (Å²) in [4.78, 5) is 22.9. The zero-order valence-corrected chi connectivity index (χ0v) is 11.1. The summed E-state index contributed by atoms with van der Waals surface area (Å²) in [5, 5.41) is -1.77. The van der Waals surface area contributed by atoms with E-state index in [0.29, 0.717) is 4.90 Å². The van der Waals surface area contributed by atoms with Crippen LogP contribution in [0.25, 0.3) is 0 Å². The van der Waals surface area contributed by atoms with E-state index < -0.39 is 10.7 Å². The maximum Gasteiger partial charge on any atom is 0.323 e. The predicted octanol–water partition coefficient (Wildman–Crippen LogP) is 2.98. The second kappa shape index (κ2) is 10.2. The van der Waals surface area contributed by atoms with E-state index in [1.54, 1.807) is 0 Å². The van der Waals surface area contributed by atoms with Gasteiger partial charge in [0.1, 0.15) is 0 Å². The average Bonchev–Trinajstić information content (AvgIpc) is 2.20. The van der Waals surface area contributed by atoms with E-state index in [4.69, 9.17) is 23.2 Å². The smallest absolute Gasteiger partial charge is 0.304 e. The van der Waals surface area contributed by atoms with Crippen LogP contribution in [0, 0.1) is 0 Å². The summed E-state index contributed by atoms with van der Waals surface area (Å²) >= 11 is 9.61. The van der Waals surface area contributed by atoms with Gasteiger partial charge in [-0.1, -0.05) is 20.8 Å². The Morgan fingerprint density at radius 2 is 1.20 bits per heavy atom. The molecule has 0 radical (unpaired) electrons. The number of hydrogen-bond acceptors (Lipinski definition) is 3. The van der Waals surface area contributed by atoms with E-state index in [9.17, 15) is 9.59 Å². The molecule has 0 aliphatic heterocycles. The highest BCUT2D eigenvalue weighted by Gasteiger charge is 2.09. The number of nitrogens with zero attached hydrogens (tertiary/aromatic N) is 2. The molecule has 15 heavy (non-hydrogen) atoms. The Bertz CT molecular complexity index is 177. The Morgan fingerprint density at radius 3 is 1.20 bits per heavy atom. The van der Waals surface area contributed by atoms with E-state index in [2.05, 4.69) is 25.7 Å². The largest absolute Gasteiger partial charge is 0.323 e. The molecule has 0 saturated carbocycles. The van der Waals surface area contributed by atoms with E-state index in [1.165, 1.54) is 26.7 Å². The molecule has 0 aliphatic rings. The number of amides is 2. The second-order valence-corrected chi connectivity index (χ2v) is 3.33. The Labute approximate surface area is 101 Å². The number of imide groups is 1. The van der Waals surface area contributed by atoms with Crippen molar-refractivity contribution in [2.75, 3.05) is 26.7 Å². The number of carbonyl (C=O) groups excluding carboxylic acids is 2. The van der Waals surface area contributed by atoms with Gasteiger partial charge in [-0.15, -0.1) is 0 Å². The van der Waals surface area contributed by atoms with Crippen LogP contribution in [0.15, 0.2) is 0 Å². The van der Waals surface area contributed by atoms with Crippen LogP contribution in [-0.2, 0) is 0 Å². The molecule has 0 saturated heterocycles.